The van der Waals surface area contributed by atoms with E-state index in [0.29, 0.717) is 19.3 Å². The number of Topliss-reactive ketones (excluding diaryl/α,β-unsaturated/α-hetero) is 1. The lowest BCUT2D eigenvalue weighted by atomic mass is 9.67. The van der Waals surface area contributed by atoms with E-state index in [2.05, 4.69) is 66.6 Å². The lowest BCUT2D eigenvalue weighted by Crippen LogP contribution is -2.36. The Balaban J connectivity index is 1.89. The highest BCUT2D eigenvalue weighted by Crippen LogP contribution is 2.45. The van der Waals surface area contributed by atoms with Gasteiger partial charge in [0.1, 0.15) is 0 Å². The molecule has 1 aliphatic rings. The number of hydrogen-bond acceptors (Lipinski definition) is 2. The van der Waals surface area contributed by atoms with Gasteiger partial charge in [-0.05, 0) is 50.3 Å². The number of carbonyl (C=O) groups is 1. The third-order valence-electron chi connectivity index (χ3n) is 6.31. The number of hydrogen-bond donors (Lipinski definition) is 0. The van der Waals surface area contributed by atoms with Gasteiger partial charge in [-0.1, -0.05) is 48.0 Å². The van der Waals surface area contributed by atoms with Crippen molar-refractivity contribution in [2.24, 2.45) is 5.41 Å². The Labute approximate surface area is 172 Å². The molecular weight excluding hydrogens is 356 g/mol. The van der Waals surface area contributed by atoms with E-state index < -0.39 is 5.41 Å². The van der Waals surface area contributed by atoms with Gasteiger partial charge in [0.25, 0.3) is 0 Å². The topological polar surface area (TPSA) is 45.8 Å². The zero-order valence-corrected chi connectivity index (χ0v) is 16.9. The van der Waals surface area contributed by atoms with Crippen molar-refractivity contribution in [3.05, 3.63) is 83.6 Å². The molecular formula is C26H26N2O. The molecule has 0 aliphatic heterocycles. The van der Waals surface area contributed by atoms with E-state index in [1.54, 1.807) is 0 Å². The summed E-state index contributed by atoms with van der Waals surface area (Å²) < 4.78 is 2.32. The van der Waals surface area contributed by atoms with Gasteiger partial charge in [-0.3, -0.25) is 4.79 Å². The molecule has 4 rings (SSSR count). The monoisotopic (exact) mass is 382 g/mol. The average molecular weight is 383 g/mol. The number of nitrogens with zero attached hydrogens (tertiary/aromatic N) is 2. The summed E-state index contributed by atoms with van der Waals surface area (Å²) in [6.07, 6.45) is 5.10. The molecule has 0 amide bonds. The minimum Gasteiger partial charge on any atom is -0.339 e. The van der Waals surface area contributed by atoms with Gasteiger partial charge in [-0.15, -0.1) is 6.58 Å². The van der Waals surface area contributed by atoms with E-state index in [-0.39, 0.29) is 5.78 Å². The predicted molar refractivity (Wildman–Crippen MR) is 117 cm³/mol. The van der Waals surface area contributed by atoms with E-state index in [1.165, 1.54) is 5.56 Å². The number of ketones is 1. The first kappa shape index (κ1) is 19.2. The standard InChI is InChI=1S/C26H26N2O/c1-3-13-26(14-7-16-27)15-12-23-24(25(26)29)21-17-19(2)10-11-22(21)28(23)18-20-8-5-4-6-9-20/h3-6,8-11,17H,1,7,12-15,18H2,2H3. The van der Waals surface area contributed by atoms with Gasteiger partial charge in [0.15, 0.2) is 5.78 Å². The van der Waals surface area contributed by atoms with Crippen molar-refractivity contribution in [3.63, 3.8) is 0 Å². The summed E-state index contributed by atoms with van der Waals surface area (Å²) >= 11 is 0. The van der Waals surface area contributed by atoms with Crippen molar-refractivity contribution in [2.45, 2.75) is 45.6 Å². The van der Waals surface area contributed by atoms with E-state index in [9.17, 15) is 4.79 Å². The Morgan fingerprint density at radius 3 is 2.76 bits per heavy atom. The second kappa shape index (κ2) is 7.72. The first-order valence-electron chi connectivity index (χ1n) is 10.3. The molecule has 0 fully saturated rings. The minimum absolute atomic E-state index is 0.191. The van der Waals surface area contributed by atoms with Crippen LogP contribution in [0.4, 0.5) is 0 Å². The normalized spacial score (nSPS) is 18.4. The van der Waals surface area contributed by atoms with Crippen molar-refractivity contribution in [2.75, 3.05) is 0 Å². The first-order chi connectivity index (χ1) is 14.1. The fourth-order valence-corrected chi connectivity index (χ4v) is 4.82. The fraction of sp³-hybridized carbons (Fsp3) is 0.308. The highest BCUT2D eigenvalue weighted by Gasteiger charge is 2.43. The van der Waals surface area contributed by atoms with Crippen LogP contribution < -0.4 is 0 Å². The maximum atomic E-state index is 13.9. The molecule has 0 spiro atoms. The molecule has 1 unspecified atom stereocenters. The molecule has 1 aromatic heterocycles. The summed E-state index contributed by atoms with van der Waals surface area (Å²) in [6, 6.07) is 19.0. The minimum atomic E-state index is -0.500. The zero-order chi connectivity index (χ0) is 20.4. The zero-order valence-electron chi connectivity index (χ0n) is 16.9. The number of aryl methyl sites for hydroxylation is 1. The Hall–Kier alpha value is -3.12. The van der Waals surface area contributed by atoms with Crippen LogP contribution >= 0.6 is 0 Å². The first-order valence-corrected chi connectivity index (χ1v) is 10.3. The number of fused-ring (bicyclic) bond motifs is 3. The van der Waals surface area contributed by atoms with Crippen LogP contribution in [-0.4, -0.2) is 10.4 Å². The van der Waals surface area contributed by atoms with Crippen molar-refractivity contribution < 1.29 is 4.79 Å². The third kappa shape index (κ3) is 3.29. The van der Waals surface area contributed by atoms with Crippen LogP contribution in [0, 0.1) is 23.7 Å². The molecule has 0 bridgehead atoms. The Kier molecular flexibility index (Phi) is 5.11. The summed E-state index contributed by atoms with van der Waals surface area (Å²) in [6.45, 7) is 6.72. The van der Waals surface area contributed by atoms with Crippen LogP contribution in [-0.2, 0) is 13.0 Å². The van der Waals surface area contributed by atoms with Gasteiger partial charge in [0.2, 0.25) is 0 Å². The number of nitriles is 1. The molecule has 2 aromatic carbocycles. The number of allylic oxidation sites excluding steroid dienone is 1. The van der Waals surface area contributed by atoms with Gasteiger partial charge in [-0.2, -0.15) is 5.26 Å². The maximum absolute atomic E-state index is 13.9. The molecule has 29 heavy (non-hydrogen) atoms. The van der Waals surface area contributed by atoms with Crippen LogP contribution in [0.2, 0.25) is 0 Å². The van der Waals surface area contributed by atoms with Crippen molar-refractivity contribution >= 4 is 16.7 Å². The molecule has 1 heterocycles. The van der Waals surface area contributed by atoms with Crippen molar-refractivity contribution in [1.82, 2.24) is 4.57 Å². The van der Waals surface area contributed by atoms with Crippen LogP contribution in [0.5, 0.6) is 0 Å². The Bertz CT molecular complexity index is 1120. The average Bonchev–Trinajstić information content (AvgIpc) is 3.03. The summed E-state index contributed by atoms with van der Waals surface area (Å²) in [5, 5.41) is 10.2. The Morgan fingerprint density at radius 1 is 1.24 bits per heavy atom. The van der Waals surface area contributed by atoms with Crippen LogP contribution in [0.25, 0.3) is 10.9 Å². The van der Waals surface area contributed by atoms with E-state index in [4.69, 9.17) is 5.26 Å². The third-order valence-corrected chi connectivity index (χ3v) is 6.31. The van der Waals surface area contributed by atoms with Crippen molar-refractivity contribution in [3.8, 4) is 6.07 Å². The van der Waals surface area contributed by atoms with Gasteiger partial charge < -0.3 is 4.57 Å². The lowest BCUT2D eigenvalue weighted by Gasteiger charge is -2.35. The molecule has 0 N–H and O–H groups in total. The number of aromatic nitrogens is 1. The summed E-state index contributed by atoms with van der Waals surface area (Å²) in [5.74, 6) is 0.191. The number of benzene rings is 2. The second-order valence-corrected chi connectivity index (χ2v) is 8.17. The molecule has 0 saturated heterocycles. The van der Waals surface area contributed by atoms with Crippen LogP contribution in [0.1, 0.15) is 52.9 Å². The largest absolute Gasteiger partial charge is 0.339 e. The molecule has 1 atom stereocenters. The fourth-order valence-electron chi connectivity index (χ4n) is 4.82. The van der Waals surface area contributed by atoms with Crippen molar-refractivity contribution in [1.29, 1.82) is 5.26 Å². The number of carbonyl (C=O) groups excluding carboxylic acids is 1. The van der Waals surface area contributed by atoms with Crippen LogP contribution in [0.3, 0.4) is 0 Å². The maximum Gasteiger partial charge on any atom is 0.171 e. The predicted octanol–water partition coefficient (Wildman–Crippen LogP) is 5.99. The summed E-state index contributed by atoms with van der Waals surface area (Å²) in [4.78, 5) is 13.9. The van der Waals surface area contributed by atoms with Crippen LogP contribution in [0.15, 0.2) is 61.2 Å². The SMILES string of the molecule is C=CCC1(CCC#N)CCc2c(c3cc(C)ccc3n2Cc2ccccc2)C1=O. The Morgan fingerprint density at radius 2 is 2.03 bits per heavy atom. The van der Waals surface area contributed by atoms with E-state index >= 15 is 0 Å². The molecule has 146 valence electrons. The lowest BCUT2D eigenvalue weighted by molar-refractivity contribution is 0.0744. The van der Waals surface area contributed by atoms with Gasteiger partial charge >= 0.3 is 0 Å². The van der Waals surface area contributed by atoms with Gasteiger partial charge in [0.05, 0.1) is 6.07 Å². The van der Waals surface area contributed by atoms with Gasteiger partial charge in [0, 0.05) is 40.5 Å². The molecule has 3 nitrogen and oxygen atoms in total. The quantitative estimate of drug-likeness (QED) is 0.491. The molecule has 1 aliphatic carbocycles. The summed E-state index contributed by atoms with van der Waals surface area (Å²) in [5.41, 5.74) is 5.00. The molecule has 3 aromatic rings. The smallest absolute Gasteiger partial charge is 0.171 e. The number of rotatable bonds is 6. The highest BCUT2D eigenvalue weighted by atomic mass is 16.1. The molecule has 3 heteroatoms. The van der Waals surface area contributed by atoms with Gasteiger partial charge in [-0.25, -0.2) is 0 Å². The van der Waals surface area contributed by atoms with E-state index in [0.717, 1.165) is 47.1 Å². The molecule has 0 radical (unpaired) electrons. The molecule has 0 saturated carbocycles. The highest BCUT2D eigenvalue weighted by molar-refractivity contribution is 6.13. The summed E-state index contributed by atoms with van der Waals surface area (Å²) in [7, 11) is 0. The second-order valence-electron chi connectivity index (χ2n) is 8.17. The van der Waals surface area contributed by atoms with E-state index in [1.807, 2.05) is 12.1 Å².